The first-order chi connectivity index (χ1) is 9.83. The number of Topliss-reactive ketones (excluding diaryl/α,β-unsaturated/α-hetero) is 1. The zero-order valence-electron chi connectivity index (χ0n) is 12.3. The van der Waals surface area contributed by atoms with E-state index in [0.717, 1.165) is 5.56 Å². The fourth-order valence-corrected chi connectivity index (χ4v) is 3.16. The van der Waals surface area contributed by atoms with E-state index in [9.17, 15) is 13.2 Å². The Balaban J connectivity index is 2.42. The number of aromatic nitrogens is 1. The molecule has 21 heavy (non-hydrogen) atoms. The number of fused-ring (bicyclic) bond motifs is 1. The number of carbonyl (C=O) groups excluding carboxylic acids is 1. The maximum atomic E-state index is 12.4. The second kappa shape index (κ2) is 5.91. The average Bonchev–Trinajstić information content (AvgIpc) is 2.45. The fraction of sp³-hybridized carbons (Fsp3) is 0.333. The number of aryl methyl sites for hydroxylation is 1. The molecule has 0 saturated carbocycles. The van der Waals surface area contributed by atoms with Gasteiger partial charge in [-0.3, -0.25) is 9.78 Å². The lowest BCUT2D eigenvalue weighted by Crippen LogP contribution is -2.31. The van der Waals surface area contributed by atoms with Crippen molar-refractivity contribution in [1.82, 2.24) is 9.71 Å². The van der Waals surface area contributed by atoms with Gasteiger partial charge >= 0.3 is 0 Å². The molecule has 0 atom stereocenters. The number of hydrogen-bond donors (Lipinski definition) is 1. The molecule has 0 fully saturated rings. The zero-order valence-corrected chi connectivity index (χ0v) is 13.1. The summed E-state index contributed by atoms with van der Waals surface area (Å²) in [6.45, 7) is 5.15. The molecule has 5 nitrogen and oxygen atoms in total. The minimum atomic E-state index is -3.74. The van der Waals surface area contributed by atoms with E-state index in [4.69, 9.17) is 0 Å². The van der Waals surface area contributed by atoms with Crippen molar-refractivity contribution in [2.24, 2.45) is 5.92 Å². The van der Waals surface area contributed by atoms with Gasteiger partial charge in [0.05, 0.1) is 17.0 Å². The van der Waals surface area contributed by atoms with Crippen LogP contribution in [-0.2, 0) is 14.8 Å². The Morgan fingerprint density at radius 3 is 2.67 bits per heavy atom. The smallest absolute Gasteiger partial charge is 0.241 e. The second-order valence-corrected chi connectivity index (χ2v) is 6.96. The van der Waals surface area contributed by atoms with Gasteiger partial charge in [0.25, 0.3) is 0 Å². The fourth-order valence-electron chi connectivity index (χ4n) is 1.97. The Labute approximate surface area is 124 Å². The number of ketones is 1. The van der Waals surface area contributed by atoms with Crippen LogP contribution in [0.5, 0.6) is 0 Å². The number of nitrogens with one attached hydrogen (secondary N) is 1. The number of carbonyl (C=O) groups is 1. The molecule has 0 bridgehead atoms. The molecular weight excluding hydrogens is 288 g/mol. The highest BCUT2D eigenvalue weighted by Gasteiger charge is 2.20. The van der Waals surface area contributed by atoms with E-state index in [1.54, 1.807) is 44.3 Å². The molecule has 1 aromatic heterocycles. The van der Waals surface area contributed by atoms with Gasteiger partial charge in [0.15, 0.2) is 0 Å². The van der Waals surface area contributed by atoms with Crippen molar-refractivity contribution in [3.05, 3.63) is 36.0 Å². The predicted molar refractivity (Wildman–Crippen MR) is 81.5 cm³/mol. The number of rotatable bonds is 5. The molecule has 1 heterocycles. The third-order valence-electron chi connectivity index (χ3n) is 3.30. The van der Waals surface area contributed by atoms with E-state index in [2.05, 4.69) is 9.71 Å². The minimum Gasteiger partial charge on any atom is -0.298 e. The summed E-state index contributed by atoms with van der Waals surface area (Å²) in [5, 5.41) is 0.557. The molecule has 0 unspecified atom stereocenters. The molecule has 0 aliphatic heterocycles. The molecule has 0 amide bonds. The summed E-state index contributed by atoms with van der Waals surface area (Å²) in [6.07, 6.45) is 1.63. The molecular formula is C15H18N2O3S. The molecule has 0 spiro atoms. The van der Waals surface area contributed by atoms with Crippen molar-refractivity contribution >= 4 is 26.7 Å². The largest absolute Gasteiger partial charge is 0.298 e. The van der Waals surface area contributed by atoms with Gasteiger partial charge in [0.1, 0.15) is 5.78 Å². The number of sulfonamides is 1. The van der Waals surface area contributed by atoms with E-state index in [1.165, 1.54) is 0 Å². The number of pyridine rings is 1. The van der Waals surface area contributed by atoms with Crippen molar-refractivity contribution in [2.75, 3.05) is 6.54 Å². The number of hydrogen-bond acceptors (Lipinski definition) is 4. The molecule has 0 aliphatic rings. The third-order valence-corrected chi connectivity index (χ3v) is 4.76. The van der Waals surface area contributed by atoms with Crippen molar-refractivity contribution in [3.63, 3.8) is 0 Å². The van der Waals surface area contributed by atoms with E-state index in [-0.39, 0.29) is 23.1 Å². The Morgan fingerprint density at radius 2 is 2.00 bits per heavy atom. The Kier molecular flexibility index (Phi) is 4.39. The number of nitrogens with zero attached hydrogens (tertiary/aromatic N) is 1. The van der Waals surface area contributed by atoms with Crippen molar-refractivity contribution in [3.8, 4) is 0 Å². The van der Waals surface area contributed by atoms with Crippen molar-refractivity contribution < 1.29 is 13.2 Å². The Hall–Kier alpha value is -1.79. The van der Waals surface area contributed by atoms with Crippen LogP contribution in [-0.4, -0.2) is 25.7 Å². The SMILES string of the molecule is Cc1ccc(S(=O)(=O)NCC(=O)C(C)C)c2cccnc12. The molecule has 0 aliphatic carbocycles. The molecule has 1 aromatic carbocycles. The molecule has 0 radical (unpaired) electrons. The topological polar surface area (TPSA) is 76.1 Å². The molecule has 1 N–H and O–H groups in total. The Morgan fingerprint density at radius 1 is 1.29 bits per heavy atom. The van der Waals surface area contributed by atoms with Gasteiger partial charge in [-0.2, -0.15) is 0 Å². The second-order valence-electron chi connectivity index (χ2n) is 5.23. The highest BCUT2D eigenvalue weighted by molar-refractivity contribution is 7.89. The molecule has 2 aromatic rings. The lowest BCUT2D eigenvalue weighted by Gasteiger charge is -2.11. The maximum Gasteiger partial charge on any atom is 0.241 e. The van der Waals surface area contributed by atoms with Gasteiger partial charge in [-0.1, -0.05) is 19.9 Å². The molecule has 6 heteroatoms. The summed E-state index contributed by atoms with van der Waals surface area (Å²) >= 11 is 0. The highest BCUT2D eigenvalue weighted by atomic mass is 32.2. The van der Waals surface area contributed by atoms with Crippen molar-refractivity contribution in [1.29, 1.82) is 0 Å². The van der Waals surface area contributed by atoms with Crippen LogP contribution in [0.15, 0.2) is 35.4 Å². The normalized spacial score (nSPS) is 12.0. The van der Waals surface area contributed by atoms with E-state index in [0.29, 0.717) is 10.9 Å². The first kappa shape index (κ1) is 15.6. The lowest BCUT2D eigenvalue weighted by molar-refractivity contribution is -0.120. The van der Waals surface area contributed by atoms with E-state index >= 15 is 0 Å². The summed E-state index contributed by atoms with van der Waals surface area (Å²) in [5.74, 6) is -0.350. The van der Waals surface area contributed by atoms with Crippen LogP contribution in [0, 0.1) is 12.8 Å². The summed E-state index contributed by atoms with van der Waals surface area (Å²) in [7, 11) is -3.74. The van der Waals surface area contributed by atoms with Gasteiger partial charge < -0.3 is 0 Å². The molecule has 2 rings (SSSR count). The van der Waals surface area contributed by atoms with Gasteiger partial charge in [0.2, 0.25) is 10.0 Å². The van der Waals surface area contributed by atoms with E-state index < -0.39 is 10.0 Å². The summed E-state index contributed by atoms with van der Waals surface area (Å²) in [4.78, 5) is 16.0. The third kappa shape index (κ3) is 3.28. The van der Waals surface area contributed by atoms with Crippen LogP contribution >= 0.6 is 0 Å². The van der Waals surface area contributed by atoms with Crippen molar-refractivity contribution in [2.45, 2.75) is 25.7 Å². The van der Waals surface area contributed by atoms with Crippen LogP contribution in [0.4, 0.5) is 0 Å². The van der Waals surface area contributed by atoms with Gasteiger partial charge in [0, 0.05) is 17.5 Å². The van der Waals surface area contributed by atoms with Crippen LogP contribution in [0.1, 0.15) is 19.4 Å². The predicted octanol–water partition coefficient (Wildman–Crippen LogP) is 2.05. The van der Waals surface area contributed by atoms with E-state index in [1.807, 2.05) is 6.92 Å². The number of benzene rings is 1. The minimum absolute atomic E-state index is 0.145. The Bertz CT molecular complexity index is 783. The van der Waals surface area contributed by atoms with Gasteiger partial charge in [-0.05, 0) is 30.7 Å². The average molecular weight is 306 g/mol. The monoisotopic (exact) mass is 306 g/mol. The summed E-state index contributed by atoms with van der Waals surface area (Å²) in [6, 6.07) is 6.67. The quantitative estimate of drug-likeness (QED) is 0.917. The standard InChI is InChI=1S/C15H18N2O3S/c1-10(2)13(18)9-17-21(19,20)14-7-6-11(3)15-12(14)5-4-8-16-15/h4-8,10,17H,9H2,1-3H3. The maximum absolute atomic E-state index is 12.4. The molecule has 112 valence electrons. The van der Waals surface area contributed by atoms with Crippen LogP contribution in [0.2, 0.25) is 0 Å². The summed E-state index contributed by atoms with van der Waals surface area (Å²) < 4.78 is 27.1. The first-order valence-corrected chi connectivity index (χ1v) is 8.18. The van der Waals surface area contributed by atoms with Crippen LogP contribution in [0.3, 0.4) is 0 Å². The highest BCUT2D eigenvalue weighted by Crippen LogP contribution is 2.23. The lowest BCUT2D eigenvalue weighted by atomic mass is 10.1. The van der Waals surface area contributed by atoms with Gasteiger partial charge in [-0.15, -0.1) is 0 Å². The van der Waals surface area contributed by atoms with Crippen LogP contribution < -0.4 is 4.72 Å². The first-order valence-electron chi connectivity index (χ1n) is 6.69. The molecule has 0 saturated heterocycles. The summed E-state index contributed by atoms with van der Waals surface area (Å²) in [5.41, 5.74) is 1.55. The zero-order chi connectivity index (χ0) is 15.6. The van der Waals surface area contributed by atoms with Crippen LogP contribution in [0.25, 0.3) is 10.9 Å². The van der Waals surface area contributed by atoms with Gasteiger partial charge in [-0.25, -0.2) is 13.1 Å².